The quantitative estimate of drug-likeness (QED) is 0.305. The van der Waals surface area contributed by atoms with Crippen molar-refractivity contribution < 1.29 is 19.0 Å². The molecule has 4 aromatic rings. The molecular formula is C28H33N5O5. The summed E-state index contributed by atoms with van der Waals surface area (Å²) in [7, 11) is 0. The van der Waals surface area contributed by atoms with E-state index in [1.807, 2.05) is 52.0 Å². The second-order valence-electron chi connectivity index (χ2n) is 8.63. The molecule has 0 aliphatic rings. The van der Waals surface area contributed by atoms with Gasteiger partial charge in [-0.3, -0.25) is 14.2 Å². The number of hydrogen-bond acceptors (Lipinski definition) is 7. The first kappa shape index (κ1) is 26.7. The summed E-state index contributed by atoms with van der Waals surface area (Å²) in [6, 6.07) is 11.3. The van der Waals surface area contributed by atoms with Crippen LogP contribution in [0.1, 0.15) is 42.3 Å². The first-order valence-corrected chi connectivity index (χ1v) is 12.8. The second kappa shape index (κ2) is 12.3. The summed E-state index contributed by atoms with van der Waals surface area (Å²) >= 11 is 0. The highest BCUT2D eigenvalue weighted by Crippen LogP contribution is 2.39. The number of hydrogen-bond donors (Lipinski definition) is 1. The Morgan fingerprint density at radius 3 is 2.37 bits per heavy atom. The molecule has 0 bridgehead atoms. The summed E-state index contributed by atoms with van der Waals surface area (Å²) in [6.45, 7) is 9.95. The van der Waals surface area contributed by atoms with Crippen LogP contribution >= 0.6 is 0 Å². The van der Waals surface area contributed by atoms with Crippen LogP contribution in [0.4, 0.5) is 0 Å². The fraction of sp³-hybridized carbons (Fsp3) is 0.357. The molecule has 2 heterocycles. The summed E-state index contributed by atoms with van der Waals surface area (Å²) in [4.78, 5) is 30.4. The molecule has 2 aromatic heterocycles. The Morgan fingerprint density at radius 1 is 1.00 bits per heavy atom. The third-order valence-electron chi connectivity index (χ3n) is 5.84. The molecule has 0 spiro atoms. The number of aromatic nitrogens is 4. The van der Waals surface area contributed by atoms with Crippen molar-refractivity contribution in [3.8, 4) is 17.2 Å². The predicted molar refractivity (Wildman–Crippen MR) is 144 cm³/mol. The van der Waals surface area contributed by atoms with Crippen molar-refractivity contribution in [2.24, 2.45) is 0 Å². The van der Waals surface area contributed by atoms with Gasteiger partial charge in [-0.25, -0.2) is 9.67 Å². The average Bonchev–Trinajstić information content (AvgIpc) is 3.31. The molecule has 1 amide bonds. The maximum absolute atomic E-state index is 13.0. The van der Waals surface area contributed by atoms with Gasteiger partial charge in [0.2, 0.25) is 5.75 Å². The minimum absolute atomic E-state index is 0.159. The summed E-state index contributed by atoms with van der Waals surface area (Å²) in [5.74, 6) is 1.10. The molecule has 200 valence electrons. The highest BCUT2D eigenvalue weighted by Gasteiger charge is 2.18. The number of carbonyl (C=O) groups excluding carboxylic acids is 1. The van der Waals surface area contributed by atoms with E-state index in [2.05, 4.69) is 15.4 Å². The lowest BCUT2D eigenvalue weighted by Gasteiger charge is -2.17. The maximum atomic E-state index is 13.0. The first-order valence-electron chi connectivity index (χ1n) is 12.8. The van der Waals surface area contributed by atoms with Crippen LogP contribution in [0, 0.1) is 6.92 Å². The Hall–Kier alpha value is -4.34. The van der Waals surface area contributed by atoms with E-state index >= 15 is 0 Å². The molecule has 2 aromatic carbocycles. The van der Waals surface area contributed by atoms with Crippen LogP contribution in [0.2, 0.25) is 0 Å². The van der Waals surface area contributed by atoms with E-state index in [0.717, 1.165) is 11.1 Å². The molecule has 0 radical (unpaired) electrons. The van der Waals surface area contributed by atoms with Gasteiger partial charge in [-0.15, -0.1) is 0 Å². The van der Waals surface area contributed by atoms with E-state index < -0.39 is 0 Å². The third-order valence-corrected chi connectivity index (χ3v) is 5.84. The number of ether oxygens (including phenoxy) is 3. The predicted octanol–water partition coefficient (Wildman–Crippen LogP) is 3.58. The van der Waals surface area contributed by atoms with E-state index in [0.29, 0.717) is 66.8 Å². The van der Waals surface area contributed by atoms with Gasteiger partial charge in [0.15, 0.2) is 17.1 Å². The number of carbonyl (C=O) groups is 1. The topological polar surface area (TPSA) is 110 Å². The Balaban J connectivity index is 1.46. The van der Waals surface area contributed by atoms with E-state index in [1.54, 1.807) is 21.4 Å². The minimum atomic E-state index is -0.292. The molecule has 4 rings (SSSR count). The number of rotatable bonds is 12. The van der Waals surface area contributed by atoms with Gasteiger partial charge in [-0.2, -0.15) is 5.10 Å². The highest BCUT2D eigenvalue weighted by atomic mass is 16.5. The highest BCUT2D eigenvalue weighted by molar-refractivity contribution is 5.95. The molecule has 10 nitrogen and oxygen atoms in total. The first-order chi connectivity index (χ1) is 18.4. The Labute approximate surface area is 221 Å². The standard InChI is InChI=1S/C28H33N5O5/c1-5-36-23-14-21(15-24(37-6-2)25(23)38-7-3)27(34)29-11-12-33-26-22(16-31-33)28(35)32(18-30-26)17-20-10-8-9-19(4)13-20/h8-10,13-16,18H,5-7,11-12,17H2,1-4H3,(H,29,34). The van der Waals surface area contributed by atoms with Crippen molar-refractivity contribution in [3.63, 3.8) is 0 Å². The van der Waals surface area contributed by atoms with Gasteiger partial charge < -0.3 is 19.5 Å². The monoisotopic (exact) mass is 519 g/mol. The van der Waals surface area contributed by atoms with Crippen LogP contribution < -0.4 is 25.1 Å². The molecule has 0 atom stereocenters. The smallest absolute Gasteiger partial charge is 0.264 e. The fourth-order valence-corrected chi connectivity index (χ4v) is 4.18. The van der Waals surface area contributed by atoms with Gasteiger partial charge in [-0.1, -0.05) is 29.8 Å². The molecule has 10 heteroatoms. The van der Waals surface area contributed by atoms with Gasteiger partial charge in [0.1, 0.15) is 11.7 Å². The van der Waals surface area contributed by atoms with Crippen molar-refractivity contribution in [1.29, 1.82) is 0 Å². The molecule has 0 unspecified atom stereocenters. The van der Waals surface area contributed by atoms with Crippen LogP contribution in [0.5, 0.6) is 17.2 Å². The Morgan fingerprint density at radius 2 is 1.71 bits per heavy atom. The number of benzene rings is 2. The van der Waals surface area contributed by atoms with Crippen molar-refractivity contribution in [3.05, 3.63) is 76.0 Å². The zero-order chi connectivity index (χ0) is 27.1. The molecule has 0 saturated carbocycles. The Kier molecular flexibility index (Phi) is 8.62. The largest absolute Gasteiger partial charge is 0.490 e. The lowest BCUT2D eigenvalue weighted by molar-refractivity contribution is 0.0951. The zero-order valence-electron chi connectivity index (χ0n) is 22.2. The molecule has 0 saturated heterocycles. The van der Waals surface area contributed by atoms with Gasteiger partial charge in [0.05, 0.1) is 39.1 Å². The minimum Gasteiger partial charge on any atom is -0.490 e. The molecule has 38 heavy (non-hydrogen) atoms. The van der Waals surface area contributed by atoms with Crippen LogP contribution in [-0.4, -0.2) is 51.6 Å². The van der Waals surface area contributed by atoms with Gasteiger partial charge in [0.25, 0.3) is 11.5 Å². The second-order valence-corrected chi connectivity index (χ2v) is 8.63. The number of fused-ring (bicyclic) bond motifs is 1. The van der Waals surface area contributed by atoms with Crippen molar-refractivity contribution >= 4 is 16.9 Å². The molecule has 0 fully saturated rings. The van der Waals surface area contributed by atoms with Crippen LogP contribution in [-0.2, 0) is 13.1 Å². The van der Waals surface area contributed by atoms with Crippen molar-refractivity contribution in [2.75, 3.05) is 26.4 Å². The van der Waals surface area contributed by atoms with E-state index in [-0.39, 0.29) is 18.0 Å². The van der Waals surface area contributed by atoms with E-state index in [4.69, 9.17) is 14.2 Å². The zero-order valence-corrected chi connectivity index (χ0v) is 22.2. The van der Waals surface area contributed by atoms with E-state index in [1.165, 1.54) is 12.5 Å². The van der Waals surface area contributed by atoms with E-state index in [9.17, 15) is 9.59 Å². The molecular weight excluding hydrogens is 486 g/mol. The van der Waals surface area contributed by atoms with Gasteiger partial charge >= 0.3 is 0 Å². The van der Waals surface area contributed by atoms with Gasteiger partial charge in [0, 0.05) is 12.1 Å². The lowest BCUT2D eigenvalue weighted by Crippen LogP contribution is -2.28. The third kappa shape index (κ3) is 5.96. The van der Waals surface area contributed by atoms with Crippen LogP contribution in [0.25, 0.3) is 11.0 Å². The van der Waals surface area contributed by atoms with Crippen molar-refractivity contribution in [2.45, 2.75) is 40.8 Å². The van der Waals surface area contributed by atoms with Crippen LogP contribution in [0.3, 0.4) is 0 Å². The summed E-state index contributed by atoms with van der Waals surface area (Å²) in [5, 5.41) is 7.65. The Bertz CT molecular complexity index is 1450. The number of nitrogens with one attached hydrogen (secondary N) is 1. The number of aryl methyl sites for hydroxylation is 1. The SMILES string of the molecule is CCOc1cc(C(=O)NCCn2ncc3c(=O)n(Cc4cccc(C)c4)cnc32)cc(OCC)c1OCC. The summed E-state index contributed by atoms with van der Waals surface area (Å²) in [5.41, 5.74) is 2.87. The van der Waals surface area contributed by atoms with Crippen LogP contribution in [0.15, 0.2) is 53.7 Å². The average molecular weight is 520 g/mol. The van der Waals surface area contributed by atoms with Crippen molar-refractivity contribution in [1.82, 2.24) is 24.6 Å². The summed E-state index contributed by atoms with van der Waals surface area (Å²) < 4.78 is 20.3. The molecule has 0 aliphatic carbocycles. The number of nitrogens with zero attached hydrogens (tertiary/aromatic N) is 4. The normalized spacial score (nSPS) is 10.9. The van der Waals surface area contributed by atoms with Gasteiger partial charge in [-0.05, 0) is 45.4 Å². The molecule has 0 aliphatic heterocycles. The maximum Gasteiger partial charge on any atom is 0.264 e. The summed E-state index contributed by atoms with van der Waals surface area (Å²) in [6.07, 6.45) is 3.06. The lowest BCUT2D eigenvalue weighted by atomic mass is 10.1. The number of amides is 1. The molecule has 1 N–H and O–H groups in total. The fourth-order valence-electron chi connectivity index (χ4n) is 4.18.